The highest BCUT2D eigenvalue weighted by Gasteiger charge is 2.32. The van der Waals surface area contributed by atoms with Crippen molar-refractivity contribution in [3.05, 3.63) is 0 Å². The van der Waals surface area contributed by atoms with Crippen LogP contribution in [-0.4, -0.2) is 155 Å². The smallest absolute Gasteiger partial charge is 0.410 e. The average molecular weight is 595 g/mol. The van der Waals surface area contributed by atoms with Gasteiger partial charge in [-0.05, 0) is 41.5 Å². The first kappa shape index (κ1) is 32.9. The van der Waals surface area contributed by atoms with Crippen LogP contribution in [-0.2, 0) is 28.7 Å². The molecule has 3 saturated heterocycles. The monoisotopic (exact) mass is 594 g/mol. The number of hydrogen-bond acceptors (Lipinski definition) is 8. The molecule has 3 aliphatic rings. The van der Waals surface area contributed by atoms with E-state index in [1.54, 1.807) is 61.1 Å². The summed E-state index contributed by atoms with van der Waals surface area (Å²) in [4.78, 5) is 85.4. The van der Waals surface area contributed by atoms with Crippen molar-refractivity contribution >= 4 is 35.8 Å². The van der Waals surface area contributed by atoms with Crippen LogP contribution >= 0.6 is 0 Å². The lowest BCUT2D eigenvalue weighted by molar-refractivity contribution is -0.147. The molecule has 3 rings (SSSR count). The molecule has 0 aromatic rings. The van der Waals surface area contributed by atoms with Gasteiger partial charge in [-0.2, -0.15) is 0 Å². The summed E-state index contributed by atoms with van der Waals surface area (Å²) in [6.45, 7) is 13.4. The normalized spacial score (nSPS) is 19.4. The quantitative estimate of drug-likeness (QED) is 0.461. The van der Waals surface area contributed by atoms with E-state index in [0.29, 0.717) is 52.4 Å². The van der Waals surface area contributed by atoms with Crippen molar-refractivity contribution in [3.8, 4) is 0 Å². The second-order valence-corrected chi connectivity index (χ2v) is 12.8. The highest BCUT2D eigenvalue weighted by molar-refractivity contribution is 5.89. The van der Waals surface area contributed by atoms with Gasteiger partial charge in [0.2, 0.25) is 23.6 Å². The Hall–Kier alpha value is -3.58. The van der Waals surface area contributed by atoms with Crippen molar-refractivity contribution in [3.63, 3.8) is 0 Å². The van der Waals surface area contributed by atoms with Crippen molar-refractivity contribution in [2.75, 3.05) is 78.5 Å². The molecule has 0 saturated carbocycles. The van der Waals surface area contributed by atoms with Crippen LogP contribution < -0.4 is 0 Å². The molecule has 3 fully saturated rings. The van der Waals surface area contributed by atoms with E-state index in [2.05, 4.69) is 0 Å². The first-order chi connectivity index (χ1) is 19.5. The molecule has 14 nitrogen and oxygen atoms in total. The maximum Gasteiger partial charge on any atom is 0.410 e. The highest BCUT2D eigenvalue weighted by atomic mass is 16.6. The maximum absolute atomic E-state index is 12.9. The standard InChI is InChI=1S/C28H46N6O8/c1-27(2,3)41-25(39)31-15-11-29(12-16-31)23(37)19-33-9-7-22(36)34(10-8-21(33)35)20-24(38)30-13-17-32(18-14-30)26(40)42-28(4,5)6/h7-20H2,1-6H3. The van der Waals surface area contributed by atoms with Gasteiger partial charge in [-0.3, -0.25) is 19.2 Å². The van der Waals surface area contributed by atoms with Gasteiger partial charge in [0, 0.05) is 78.3 Å². The first-order valence-corrected chi connectivity index (χ1v) is 14.6. The number of rotatable bonds is 4. The second kappa shape index (κ2) is 13.6. The molecule has 0 aromatic heterocycles. The molecule has 3 heterocycles. The molecule has 0 unspecified atom stereocenters. The van der Waals surface area contributed by atoms with Crippen LogP contribution in [0, 0.1) is 0 Å². The molecule has 0 bridgehead atoms. The Balaban J connectivity index is 1.43. The van der Waals surface area contributed by atoms with E-state index in [-0.39, 0.29) is 62.6 Å². The molecule has 3 aliphatic heterocycles. The van der Waals surface area contributed by atoms with Crippen molar-refractivity contribution in [1.82, 2.24) is 29.4 Å². The Labute approximate surface area is 247 Å². The number of piperazine rings is 2. The number of hydrogen-bond donors (Lipinski definition) is 0. The molecule has 6 amide bonds. The van der Waals surface area contributed by atoms with Crippen LogP contribution in [0.2, 0.25) is 0 Å². The van der Waals surface area contributed by atoms with Gasteiger partial charge in [0.15, 0.2) is 0 Å². The second-order valence-electron chi connectivity index (χ2n) is 12.8. The van der Waals surface area contributed by atoms with E-state index in [0.717, 1.165) is 0 Å². The van der Waals surface area contributed by atoms with E-state index >= 15 is 0 Å². The van der Waals surface area contributed by atoms with Crippen LogP contribution in [0.25, 0.3) is 0 Å². The lowest BCUT2D eigenvalue weighted by Crippen LogP contribution is -2.55. The van der Waals surface area contributed by atoms with Gasteiger partial charge in [-0.1, -0.05) is 0 Å². The number of carbonyl (C=O) groups excluding carboxylic acids is 6. The van der Waals surface area contributed by atoms with Crippen LogP contribution in [0.4, 0.5) is 9.59 Å². The Kier molecular flexibility index (Phi) is 10.7. The molecule has 0 spiro atoms. The zero-order chi connectivity index (χ0) is 31.2. The largest absolute Gasteiger partial charge is 0.444 e. The van der Waals surface area contributed by atoms with E-state index in [9.17, 15) is 28.8 Å². The minimum Gasteiger partial charge on any atom is -0.444 e. The Morgan fingerprint density at radius 2 is 0.810 bits per heavy atom. The minimum absolute atomic E-state index is 0.00510. The van der Waals surface area contributed by atoms with Gasteiger partial charge in [-0.15, -0.1) is 0 Å². The predicted molar refractivity (Wildman–Crippen MR) is 151 cm³/mol. The maximum atomic E-state index is 12.9. The topological polar surface area (TPSA) is 140 Å². The van der Waals surface area contributed by atoms with Crippen molar-refractivity contribution < 1.29 is 38.2 Å². The fraction of sp³-hybridized carbons (Fsp3) is 0.786. The lowest BCUT2D eigenvalue weighted by atomic mass is 10.2. The van der Waals surface area contributed by atoms with Crippen molar-refractivity contribution in [1.29, 1.82) is 0 Å². The molecule has 236 valence electrons. The Morgan fingerprint density at radius 3 is 1.10 bits per heavy atom. The molecule has 14 heteroatoms. The Bertz CT molecular complexity index is 954. The molecule has 0 atom stereocenters. The van der Waals surface area contributed by atoms with E-state index in [4.69, 9.17) is 9.47 Å². The number of carbonyl (C=O) groups is 6. The van der Waals surface area contributed by atoms with Gasteiger partial charge >= 0.3 is 12.2 Å². The SMILES string of the molecule is CC(C)(C)OC(=O)N1CCN(C(=O)CN2CCC(=O)N(CC(=O)N3CCN(C(=O)OC(C)(C)C)CC3)CCC2=O)CC1. The van der Waals surface area contributed by atoms with Gasteiger partial charge in [0.05, 0.1) is 13.1 Å². The van der Waals surface area contributed by atoms with E-state index in [1.807, 2.05) is 0 Å². The van der Waals surface area contributed by atoms with Gasteiger partial charge < -0.3 is 38.9 Å². The zero-order valence-corrected chi connectivity index (χ0v) is 25.8. The van der Waals surface area contributed by atoms with Crippen LogP contribution in [0.15, 0.2) is 0 Å². The highest BCUT2D eigenvalue weighted by Crippen LogP contribution is 2.15. The Morgan fingerprint density at radius 1 is 0.524 bits per heavy atom. The summed E-state index contributed by atoms with van der Waals surface area (Å²) in [5, 5.41) is 0. The summed E-state index contributed by atoms with van der Waals surface area (Å²) in [5.41, 5.74) is -1.20. The molecule has 0 N–H and O–H groups in total. The number of nitrogens with zero attached hydrogens (tertiary/aromatic N) is 6. The van der Waals surface area contributed by atoms with Crippen LogP contribution in [0.1, 0.15) is 54.4 Å². The molecule has 42 heavy (non-hydrogen) atoms. The van der Waals surface area contributed by atoms with Crippen LogP contribution in [0.5, 0.6) is 0 Å². The van der Waals surface area contributed by atoms with Crippen molar-refractivity contribution in [2.45, 2.75) is 65.6 Å². The lowest BCUT2D eigenvalue weighted by Gasteiger charge is -2.37. The first-order valence-electron chi connectivity index (χ1n) is 14.6. The van der Waals surface area contributed by atoms with E-state index < -0.39 is 23.4 Å². The minimum atomic E-state index is -0.602. The van der Waals surface area contributed by atoms with Gasteiger partial charge in [0.25, 0.3) is 0 Å². The fourth-order valence-corrected chi connectivity index (χ4v) is 4.82. The fourth-order valence-electron chi connectivity index (χ4n) is 4.82. The summed E-state index contributed by atoms with van der Waals surface area (Å²) in [5.74, 6) is -0.992. The third-order valence-electron chi connectivity index (χ3n) is 7.12. The zero-order valence-electron chi connectivity index (χ0n) is 25.8. The molecule has 0 radical (unpaired) electrons. The number of ether oxygens (including phenoxy) is 2. The summed E-state index contributed by atoms with van der Waals surface area (Å²) in [7, 11) is 0. The molecular formula is C28H46N6O8. The molecule has 0 aromatic carbocycles. The molecule has 0 aliphatic carbocycles. The predicted octanol–water partition coefficient (Wildman–Crippen LogP) is 0.596. The summed E-state index contributed by atoms with van der Waals surface area (Å²) in [6, 6.07) is 0. The summed E-state index contributed by atoms with van der Waals surface area (Å²) in [6.07, 6.45) is -0.827. The summed E-state index contributed by atoms with van der Waals surface area (Å²) >= 11 is 0. The van der Waals surface area contributed by atoms with Gasteiger partial charge in [-0.25, -0.2) is 9.59 Å². The van der Waals surface area contributed by atoms with Crippen LogP contribution in [0.3, 0.4) is 0 Å². The number of amides is 6. The summed E-state index contributed by atoms with van der Waals surface area (Å²) < 4.78 is 10.8. The molecular weight excluding hydrogens is 548 g/mol. The van der Waals surface area contributed by atoms with Gasteiger partial charge in [0.1, 0.15) is 11.2 Å². The average Bonchev–Trinajstić information content (AvgIpc) is 2.90. The van der Waals surface area contributed by atoms with Crippen molar-refractivity contribution in [2.24, 2.45) is 0 Å². The third kappa shape index (κ3) is 9.76. The third-order valence-corrected chi connectivity index (χ3v) is 7.12. The van der Waals surface area contributed by atoms with E-state index in [1.165, 1.54) is 9.80 Å².